The van der Waals surface area contributed by atoms with E-state index in [0.29, 0.717) is 23.9 Å². The first-order valence-corrected chi connectivity index (χ1v) is 11.1. The van der Waals surface area contributed by atoms with Crippen LogP contribution in [0.5, 0.6) is 11.6 Å². The maximum absolute atomic E-state index is 13.0. The third-order valence-electron chi connectivity index (χ3n) is 6.31. The van der Waals surface area contributed by atoms with Gasteiger partial charge in [-0.3, -0.25) is 4.98 Å². The molecule has 2 fully saturated rings. The maximum Gasteiger partial charge on any atom is 0.573 e. The summed E-state index contributed by atoms with van der Waals surface area (Å²) in [5.41, 5.74) is 0.497. The number of amides is 1. The number of hydrogen-bond donors (Lipinski definition) is 0. The minimum atomic E-state index is -4.79. The zero-order valence-corrected chi connectivity index (χ0v) is 18.8. The van der Waals surface area contributed by atoms with E-state index in [4.69, 9.17) is 4.74 Å². The van der Waals surface area contributed by atoms with Crippen LogP contribution in [0.15, 0.2) is 55.4 Å². The molecule has 184 valence electrons. The van der Waals surface area contributed by atoms with Gasteiger partial charge in [0, 0.05) is 45.6 Å². The van der Waals surface area contributed by atoms with Crippen molar-refractivity contribution in [3.63, 3.8) is 0 Å². The summed E-state index contributed by atoms with van der Waals surface area (Å²) in [5, 5.41) is 0. The zero-order valence-electron chi connectivity index (χ0n) is 18.8. The lowest BCUT2D eigenvalue weighted by atomic mass is 10.2. The molecule has 1 aliphatic heterocycles. The molecule has 1 aliphatic carbocycles. The molecule has 1 amide bonds. The Bertz CT molecular complexity index is 1180. The van der Waals surface area contributed by atoms with Crippen LogP contribution in [0.25, 0.3) is 0 Å². The van der Waals surface area contributed by atoms with Gasteiger partial charge >= 0.3 is 12.5 Å². The quantitative estimate of drug-likeness (QED) is 0.503. The summed E-state index contributed by atoms with van der Waals surface area (Å²) in [6, 6.07) is 5.61. The lowest BCUT2D eigenvalue weighted by Crippen LogP contribution is -2.37. The number of ether oxygens (including phenoxy) is 2. The van der Waals surface area contributed by atoms with Gasteiger partial charge < -0.3 is 23.8 Å². The molecule has 2 aromatic heterocycles. The molecule has 2 aliphatic rings. The maximum atomic E-state index is 13.0. The topological polar surface area (TPSA) is 85.6 Å². The smallest absolute Gasteiger partial charge is 0.406 e. The third-order valence-corrected chi connectivity index (χ3v) is 6.31. The number of aryl methyl sites for hydroxylation is 1. The number of halogens is 3. The number of carbonyl (C=O) groups is 1. The molecule has 0 radical (unpaired) electrons. The molecule has 3 aromatic rings. The zero-order chi connectivity index (χ0) is 24.6. The van der Waals surface area contributed by atoms with E-state index < -0.39 is 12.5 Å². The molecule has 35 heavy (non-hydrogen) atoms. The number of imidazole rings is 1. The lowest BCUT2D eigenvalue weighted by molar-refractivity contribution is -0.274. The summed E-state index contributed by atoms with van der Waals surface area (Å²) in [7, 11) is 1.75. The van der Waals surface area contributed by atoms with Crippen molar-refractivity contribution in [2.45, 2.75) is 12.9 Å². The monoisotopic (exact) mass is 488 g/mol. The van der Waals surface area contributed by atoms with Gasteiger partial charge in [0.25, 0.3) is 0 Å². The van der Waals surface area contributed by atoms with Crippen LogP contribution in [-0.2, 0) is 13.6 Å². The molecule has 0 spiro atoms. The van der Waals surface area contributed by atoms with Crippen LogP contribution in [0.3, 0.4) is 0 Å². The summed E-state index contributed by atoms with van der Waals surface area (Å²) >= 11 is 0. The van der Waals surface area contributed by atoms with Gasteiger partial charge in [0.2, 0.25) is 5.88 Å². The molecule has 0 N–H and O–H groups in total. The fourth-order valence-electron chi connectivity index (χ4n) is 4.68. The summed E-state index contributed by atoms with van der Waals surface area (Å²) in [5.74, 6) is 1.68. The van der Waals surface area contributed by atoms with E-state index in [9.17, 15) is 18.0 Å². The molecule has 9 nitrogen and oxygen atoms in total. The highest BCUT2D eigenvalue weighted by atomic mass is 19.4. The average molecular weight is 488 g/mol. The van der Waals surface area contributed by atoms with Crippen LogP contribution < -0.4 is 14.4 Å². The summed E-state index contributed by atoms with van der Waals surface area (Å²) < 4.78 is 49.1. The second kappa shape index (κ2) is 9.08. The average Bonchev–Trinajstić information content (AvgIpc) is 3.13. The van der Waals surface area contributed by atoms with Crippen molar-refractivity contribution in [3.8, 4) is 11.6 Å². The van der Waals surface area contributed by atoms with Gasteiger partial charge in [-0.25, -0.2) is 14.8 Å². The van der Waals surface area contributed by atoms with Gasteiger partial charge in [0.15, 0.2) is 0 Å². The van der Waals surface area contributed by atoms with E-state index in [1.54, 1.807) is 42.5 Å². The van der Waals surface area contributed by atoms with Gasteiger partial charge in [0.1, 0.15) is 11.6 Å². The normalized spacial score (nSPS) is 20.9. The predicted octanol–water partition coefficient (Wildman–Crippen LogP) is 3.49. The highest BCUT2D eigenvalue weighted by Crippen LogP contribution is 2.52. The third kappa shape index (κ3) is 5.47. The van der Waals surface area contributed by atoms with Gasteiger partial charge in [-0.2, -0.15) is 0 Å². The number of rotatable bonds is 7. The Balaban J connectivity index is 1.27. The Hall–Kier alpha value is -3.83. The van der Waals surface area contributed by atoms with Crippen molar-refractivity contribution in [3.05, 3.63) is 60.9 Å². The molecule has 0 bridgehead atoms. The number of hydrogen-bond acceptors (Lipinski definition) is 7. The molecule has 12 heteroatoms. The second-order valence-corrected chi connectivity index (χ2v) is 8.78. The van der Waals surface area contributed by atoms with E-state index in [1.807, 2.05) is 0 Å². The minimum absolute atomic E-state index is 0.0739. The van der Waals surface area contributed by atoms with Crippen molar-refractivity contribution in [1.82, 2.24) is 24.4 Å². The highest BCUT2D eigenvalue weighted by Gasteiger charge is 2.56. The number of nitrogens with zero attached hydrogens (tertiary/aromatic N) is 6. The molecular formula is C23H23F3N6O3. The Labute approximate surface area is 199 Å². The van der Waals surface area contributed by atoms with Crippen LogP contribution in [0.1, 0.15) is 5.56 Å². The van der Waals surface area contributed by atoms with Gasteiger partial charge in [-0.15, -0.1) is 13.2 Å². The van der Waals surface area contributed by atoms with Crippen LogP contribution in [0, 0.1) is 17.8 Å². The van der Waals surface area contributed by atoms with Crippen molar-refractivity contribution in [1.29, 1.82) is 0 Å². The van der Waals surface area contributed by atoms with E-state index in [1.165, 1.54) is 29.4 Å². The Kier molecular flexibility index (Phi) is 5.95. The fraction of sp³-hybridized carbons (Fsp3) is 0.391. The van der Waals surface area contributed by atoms with Crippen LogP contribution in [0.4, 0.5) is 23.8 Å². The largest absolute Gasteiger partial charge is 0.573 e. The van der Waals surface area contributed by atoms with Crippen molar-refractivity contribution in [2.75, 3.05) is 24.5 Å². The van der Waals surface area contributed by atoms with Crippen LogP contribution in [0.2, 0.25) is 0 Å². The molecule has 1 aromatic carbocycles. The van der Waals surface area contributed by atoms with E-state index >= 15 is 0 Å². The highest BCUT2D eigenvalue weighted by molar-refractivity contribution is 5.70. The standard InChI is InChI=1S/C23H23F3N6O3/c1-30-13-21(29-14-30)34-22(33)32(9-15-3-2-4-16(7-15)35-23(24,25)26)12-19-17-10-31(11-18(17)19)20-8-27-5-6-28-20/h2-8,13-14,17-19H,9-12H2,1H3. The van der Waals surface area contributed by atoms with Crippen LogP contribution in [-0.4, -0.2) is 56.5 Å². The molecular weight excluding hydrogens is 465 g/mol. The molecule has 1 saturated carbocycles. The Morgan fingerprint density at radius 2 is 2.00 bits per heavy atom. The fourth-order valence-corrected chi connectivity index (χ4v) is 4.68. The van der Waals surface area contributed by atoms with Crippen molar-refractivity contribution >= 4 is 11.9 Å². The van der Waals surface area contributed by atoms with E-state index in [2.05, 4.69) is 24.6 Å². The van der Waals surface area contributed by atoms with E-state index in [-0.39, 0.29) is 24.1 Å². The molecule has 3 heterocycles. The lowest BCUT2D eigenvalue weighted by Gasteiger charge is -2.25. The number of aromatic nitrogens is 4. The number of fused-ring (bicyclic) bond motifs is 1. The van der Waals surface area contributed by atoms with Gasteiger partial charge in [-0.1, -0.05) is 12.1 Å². The van der Waals surface area contributed by atoms with Gasteiger partial charge in [-0.05, 0) is 35.4 Å². The molecule has 1 saturated heterocycles. The SMILES string of the molecule is Cn1cnc(OC(=O)N(Cc2cccc(OC(F)(F)F)c2)CC2C3CN(c4cnccn4)CC23)c1. The van der Waals surface area contributed by atoms with E-state index in [0.717, 1.165) is 18.9 Å². The van der Waals surface area contributed by atoms with Gasteiger partial charge in [0.05, 0.1) is 18.7 Å². The van der Waals surface area contributed by atoms with Crippen molar-refractivity contribution in [2.24, 2.45) is 24.8 Å². The Morgan fingerprint density at radius 1 is 1.20 bits per heavy atom. The summed E-state index contributed by atoms with van der Waals surface area (Å²) in [4.78, 5) is 29.2. The first-order valence-electron chi connectivity index (χ1n) is 11.1. The molecule has 2 atom stereocenters. The number of benzene rings is 1. The number of carbonyl (C=O) groups excluding carboxylic acids is 1. The first-order chi connectivity index (χ1) is 16.7. The molecule has 5 rings (SSSR count). The number of alkyl halides is 3. The number of piperidine rings is 1. The van der Waals surface area contributed by atoms with Crippen LogP contribution >= 0.6 is 0 Å². The molecule has 2 unspecified atom stereocenters. The van der Waals surface area contributed by atoms with Crippen molar-refractivity contribution < 1.29 is 27.4 Å². The second-order valence-electron chi connectivity index (χ2n) is 8.78. The minimum Gasteiger partial charge on any atom is -0.406 e. The predicted molar refractivity (Wildman–Crippen MR) is 117 cm³/mol. The summed E-state index contributed by atoms with van der Waals surface area (Å²) in [6.45, 7) is 2.11. The number of anilines is 1. The first kappa shape index (κ1) is 22.9. The Morgan fingerprint density at radius 3 is 2.66 bits per heavy atom. The summed E-state index contributed by atoms with van der Waals surface area (Å²) in [6.07, 6.45) is 2.69.